The van der Waals surface area contributed by atoms with Gasteiger partial charge in [-0.2, -0.15) is 0 Å². The largest absolute Gasteiger partial charge is 0.497 e. The molecule has 4 nitrogen and oxygen atoms in total. The summed E-state index contributed by atoms with van der Waals surface area (Å²) in [5, 5.41) is 12.3. The molecule has 0 spiro atoms. The highest BCUT2D eigenvalue weighted by molar-refractivity contribution is 5.87. The zero-order chi connectivity index (χ0) is 23.1. The van der Waals surface area contributed by atoms with Gasteiger partial charge in [0.2, 0.25) is 0 Å². The lowest BCUT2D eigenvalue weighted by Gasteiger charge is -2.23. The van der Waals surface area contributed by atoms with Crippen molar-refractivity contribution in [2.75, 3.05) is 27.7 Å². The third kappa shape index (κ3) is 3.93. The molecule has 3 aromatic carbocycles. The van der Waals surface area contributed by atoms with Crippen LogP contribution in [0.15, 0.2) is 60.2 Å². The monoisotopic (exact) mass is 441 g/mol. The van der Waals surface area contributed by atoms with E-state index in [4.69, 9.17) is 4.74 Å². The topological polar surface area (TPSA) is 49.8 Å². The summed E-state index contributed by atoms with van der Waals surface area (Å²) in [4.78, 5) is 14.7. The molecule has 33 heavy (non-hydrogen) atoms. The number of benzene rings is 3. The molecule has 3 aromatic rings. The molecule has 2 unspecified atom stereocenters. The number of carboxylic acid groups (broad SMARTS) is 1. The number of carbonyl (C=O) groups is 1. The predicted octanol–water partition coefficient (Wildman–Crippen LogP) is 5.86. The average Bonchev–Trinajstić information content (AvgIpc) is 2.96. The van der Waals surface area contributed by atoms with Crippen LogP contribution in [-0.4, -0.2) is 43.7 Å². The molecule has 0 radical (unpaired) electrons. The Morgan fingerprint density at radius 2 is 1.91 bits per heavy atom. The minimum absolute atomic E-state index is 0.491. The molecule has 2 aliphatic rings. The van der Waals surface area contributed by atoms with Gasteiger partial charge in [-0.15, -0.1) is 0 Å². The number of allylic oxidation sites excluding steroid dienone is 1. The molecule has 0 heterocycles. The van der Waals surface area contributed by atoms with E-state index in [0.29, 0.717) is 12.3 Å². The molecule has 2 aliphatic carbocycles. The van der Waals surface area contributed by atoms with Crippen LogP contribution in [0.5, 0.6) is 5.75 Å². The molecule has 1 N–H and O–H groups in total. The number of fused-ring (bicyclic) bond motifs is 5. The summed E-state index contributed by atoms with van der Waals surface area (Å²) in [6.45, 7) is 0.977. The quantitative estimate of drug-likeness (QED) is 0.499. The summed E-state index contributed by atoms with van der Waals surface area (Å²) in [6, 6.07) is 18.4. The molecule has 0 saturated heterocycles. The van der Waals surface area contributed by atoms with Crippen molar-refractivity contribution in [1.29, 1.82) is 0 Å². The maximum Gasteiger partial charge on any atom is 0.311 e. The average molecular weight is 442 g/mol. The molecule has 0 saturated carbocycles. The standard InChI is InChI=1S/C29H31NO3/c1-30(2)17-27-23-7-5-9-25(27)28-21(6-4-8-24(23)28)16-26(29(31)32)20-11-10-19-15-22(33-3)13-12-18(19)14-20/h4,6,8,10-15,23,26H,5,7,9,16-17H2,1-3H3,(H,31,32). The SMILES string of the molecule is COc1ccc2cc(C(Cc3cccc4c3C3=C(CN(C)C)C4CCC3)C(=O)O)ccc2c1. The van der Waals surface area contributed by atoms with Crippen LogP contribution in [0.4, 0.5) is 0 Å². The molecule has 170 valence electrons. The highest BCUT2D eigenvalue weighted by Gasteiger charge is 2.36. The van der Waals surface area contributed by atoms with Gasteiger partial charge in [0.25, 0.3) is 0 Å². The first-order chi connectivity index (χ1) is 16.0. The lowest BCUT2D eigenvalue weighted by molar-refractivity contribution is -0.138. The predicted molar refractivity (Wildman–Crippen MR) is 133 cm³/mol. The molecule has 4 heteroatoms. The minimum atomic E-state index is -0.774. The number of aliphatic carboxylic acids is 1. The highest BCUT2D eigenvalue weighted by Crippen LogP contribution is 2.52. The summed E-state index contributed by atoms with van der Waals surface area (Å²) in [5.74, 6) is -0.0619. The Balaban J connectivity index is 1.53. The van der Waals surface area contributed by atoms with Gasteiger partial charge in [0.05, 0.1) is 13.0 Å². The Morgan fingerprint density at radius 1 is 1.12 bits per heavy atom. The fourth-order valence-corrected chi connectivity index (χ4v) is 5.81. The summed E-state index contributed by atoms with van der Waals surface area (Å²) < 4.78 is 5.33. The number of likely N-dealkylation sites (N-methyl/N-ethyl adjacent to an activating group) is 1. The van der Waals surface area contributed by atoms with Gasteiger partial charge in [-0.25, -0.2) is 0 Å². The smallest absolute Gasteiger partial charge is 0.311 e. The number of nitrogens with zero attached hydrogens (tertiary/aromatic N) is 1. The lowest BCUT2D eigenvalue weighted by atomic mass is 9.86. The maximum absolute atomic E-state index is 12.4. The summed E-state index contributed by atoms with van der Waals surface area (Å²) in [7, 11) is 5.91. The van der Waals surface area contributed by atoms with E-state index in [1.807, 2.05) is 36.4 Å². The second-order valence-electron chi connectivity index (χ2n) is 9.64. The van der Waals surface area contributed by atoms with Crippen molar-refractivity contribution < 1.29 is 14.6 Å². The number of hydrogen-bond donors (Lipinski definition) is 1. The van der Waals surface area contributed by atoms with Gasteiger partial charge in [0.1, 0.15) is 5.75 Å². The first-order valence-electron chi connectivity index (χ1n) is 11.8. The van der Waals surface area contributed by atoms with E-state index in [-0.39, 0.29) is 0 Å². The van der Waals surface area contributed by atoms with Crippen molar-refractivity contribution in [3.05, 3.63) is 82.4 Å². The Labute approximate surface area is 195 Å². The summed E-state index contributed by atoms with van der Waals surface area (Å²) >= 11 is 0. The van der Waals surface area contributed by atoms with E-state index in [0.717, 1.165) is 35.1 Å². The molecule has 2 atom stereocenters. The number of methoxy groups -OCH3 is 1. The Hall–Kier alpha value is -3.11. The third-order valence-electron chi connectivity index (χ3n) is 7.27. The van der Waals surface area contributed by atoms with Gasteiger partial charge in [-0.3, -0.25) is 4.79 Å². The van der Waals surface area contributed by atoms with Crippen molar-refractivity contribution >= 4 is 22.3 Å². The number of carboxylic acids is 1. The number of ether oxygens (including phenoxy) is 1. The maximum atomic E-state index is 12.4. The fraction of sp³-hybridized carbons (Fsp3) is 0.345. The molecule has 5 rings (SSSR count). The second-order valence-corrected chi connectivity index (χ2v) is 9.64. The van der Waals surface area contributed by atoms with Crippen LogP contribution in [0, 0.1) is 0 Å². The van der Waals surface area contributed by atoms with Crippen LogP contribution < -0.4 is 4.74 Å². The zero-order valence-electron chi connectivity index (χ0n) is 19.6. The van der Waals surface area contributed by atoms with E-state index in [9.17, 15) is 9.90 Å². The fourth-order valence-electron chi connectivity index (χ4n) is 5.81. The minimum Gasteiger partial charge on any atom is -0.497 e. The normalized spacial score (nSPS) is 18.0. The molecule has 0 fully saturated rings. The van der Waals surface area contributed by atoms with Gasteiger partial charge in [0, 0.05) is 12.5 Å². The highest BCUT2D eigenvalue weighted by atomic mass is 16.5. The molecular weight excluding hydrogens is 410 g/mol. The van der Waals surface area contributed by atoms with Gasteiger partial charge in [-0.05, 0) is 96.1 Å². The lowest BCUT2D eigenvalue weighted by Crippen LogP contribution is -2.19. The van der Waals surface area contributed by atoms with Crippen LogP contribution in [0.1, 0.15) is 53.4 Å². The Bertz CT molecular complexity index is 1260. The van der Waals surface area contributed by atoms with E-state index in [2.05, 4.69) is 37.2 Å². The third-order valence-corrected chi connectivity index (χ3v) is 7.27. The van der Waals surface area contributed by atoms with Gasteiger partial charge >= 0.3 is 5.97 Å². The van der Waals surface area contributed by atoms with Crippen LogP contribution in [0.3, 0.4) is 0 Å². The van der Waals surface area contributed by atoms with E-state index < -0.39 is 11.9 Å². The molecule has 2 bridgehead atoms. The van der Waals surface area contributed by atoms with Gasteiger partial charge in [-0.1, -0.05) is 42.5 Å². The van der Waals surface area contributed by atoms with Crippen molar-refractivity contribution in [3.63, 3.8) is 0 Å². The molecular formula is C29H31NO3. The Kier molecular flexibility index (Phi) is 5.71. The van der Waals surface area contributed by atoms with E-state index in [1.165, 1.54) is 35.1 Å². The van der Waals surface area contributed by atoms with Crippen LogP contribution in [0.2, 0.25) is 0 Å². The van der Waals surface area contributed by atoms with E-state index in [1.54, 1.807) is 12.7 Å². The van der Waals surface area contributed by atoms with Gasteiger partial charge in [0.15, 0.2) is 0 Å². The summed E-state index contributed by atoms with van der Waals surface area (Å²) in [6.07, 6.45) is 4.01. The van der Waals surface area contributed by atoms with Crippen LogP contribution >= 0.6 is 0 Å². The van der Waals surface area contributed by atoms with Gasteiger partial charge < -0.3 is 14.7 Å². The van der Waals surface area contributed by atoms with Crippen molar-refractivity contribution in [1.82, 2.24) is 4.90 Å². The van der Waals surface area contributed by atoms with E-state index >= 15 is 0 Å². The molecule has 0 aromatic heterocycles. The molecule has 0 aliphatic heterocycles. The first-order valence-corrected chi connectivity index (χ1v) is 11.8. The Morgan fingerprint density at radius 3 is 2.67 bits per heavy atom. The van der Waals surface area contributed by atoms with Crippen LogP contribution in [-0.2, 0) is 11.2 Å². The van der Waals surface area contributed by atoms with Crippen LogP contribution in [0.25, 0.3) is 16.3 Å². The zero-order valence-corrected chi connectivity index (χ0v) is 19.6. The first kappa shape index (κ1) is 21.7. The van der Waals surface area contributed by atoms with Crippen molar-refractivity contribution in [3.8, 4) is 5.75 Å². The summed E-state index contributed by atoms with van der Waals surface area (Å²) in [5.41, 5.74) is 7.78. The number of hydrogen-bond acceptors (Lipinski definition) is 3. The number of rotatable bonds is 7. The molecule has 0 amide bonds. The van der Waals surface area contributed by atoms with Crippen molar-refractivity contribution in [2.45, 2.75) is 37.5 Å². The second kappa shape index (κ2) is 8.68. The van der Waals surface area contributed by atoms with Crippen molar-refractivity contribution in [2.24, 2.45) is 0 Å².